The van der Waals surface area contributed by atoms with Crippen LogP contribution in [0.5, 0.6) is 0 Å². The van der Waals surface area contributed by atoms with Crippen LogP contribution in [-0.4, -0.2) is 28.1 Å². The van der Waals surface area contributed by atoms with Crippen molar-refractivity contribution in [3.05, 3.63) is 23.9 Å². The van der Waals surface area contributed by atoms with E-state index >= 15 is 0 Å². The quantitative estimate of drug-likeness (QED) is 0.892. The molecule has 0 aromatic carbocycles. The Morgan fingerprint density at radius 1 is 1.40 bits per heavy atom. The smallest absolute Gasteiger partial charge is 0.326 e. The van der Waals surface area contributed by atoms with Crippen LogP contribution in [0.1, 0.15) is 37.7 Å². The summed E-state index contributed by atoms with van der Waals surface area (Å²) in [5.74, 6) is 0.374. The van der Waals surface area contributed by atoms with E-state index in [1.54, 1.807) is 12.1 Å². The molecule has 3 unspecified atom stereocenters. The first-order valence-electron chi connectivity index (χ1n) is 7.08. The standard InChI is InChI=1S/C15H17N3O2/c16-8-10-5-6-14(17-9-10)18-12-4-2-1-3-11(12)7-13(18)15(19)20/h5-6,9,11-13H,1-4,7H2,(H,19,20). The average molecular weight is 271 g/mol. The number of pyridine rings is 1. The summed E-state index contributed by atoms with van der Waals surface area (Å²) >= 11 is 0. The SMILES string of the molecule is N#Cc1ccc(N2C(C(=O)O)CC3CCCCC32)nc1. The normalized spacial score (nSPS) is 28.8. The zero-order chi connectivity index (χ0) is 14.1. The van der Waals surface area contributed by atoms with Crippen molar-refractivity contribution in [2.45, 2.75) is 44.2 Å². The maximum atomic E-state index is 11.5. The van der Waals surface area contributed by atoms with Crippen molar-refractivity contribution in [2.75, 3.05) is 4.90 Å². The molecule has 1 aromatic heterocycles. The van der Waals surface area contributed by atoms with Crippen LogP contribution in [0.2, 0.25) is 0 Å². The molecule has 5 heteroatoms. The Hall–Kier alpha value is -2.09. The molecule has 0 bridgehead atoms. The number of nitrogens with zero attached hydrogens (tertiary/aromatic N) is 3. The summed E-state index contributed by atoms with van der Waals surface area (Å²) in [4.78, 5) is 17.8. The van der Waals surface area contributed by atoms with E-state index in [0.29, 0.717) is 23.7 Å². The summed E-state index contributed by atoms with van der Waals surface area (Å²) < 4.78 is 0. The van der Waals surface area contributed by atoms with Gasteiger partial charge >= 0.3 is 5.97 Å². The number of anilines is 1. The van der Waals surface area contributed by atoms with Crippen LogP contribution in [0.15, 0.2) is 18.3 Å². The van der Waals surface area contributed by atoms with E-state index in [0.717, 1.165) is 19.3 Å². The molecule has 0 spiro atoms. The van der Waals surface area contributed by atoms with Gasteiger partial charge in [0.2, 0.25) is 0 Å². The number of rotatable bonds is 2. The molecule has 1 saturated carbocycles. The molecule has 3 atom stereocenters. The first-order valence-corrected chi connectivity index (χ1v) is 7.08. The van der Waals surface area contributed by atoms with E-state index in [2.05, 4.69) is 4.98 Å². The van der Waals surface area contributed by atoms with Crippen molar-refractivity contribution in [1.29, 1.82) is 5.26 Å². The molecule has 104 valence electrons. The number of hydrogen-bond acceptors (Lipinski definition) is 4. The fraction of sp³-hybridized carbons (Fsp3) is 0.533. The first-order chi connectivity index (χ1) is 9.70. The third kappa shape index (κ3) is 2.11. The fourth-order valence-corrected chi connectivity index (χ4v) is 3.61. The molecule has 3 rings (SSSR count). The number of carboxylic acids is 1. The largest absolute Gasteiger partial charge is 0.480 e. The van der Waals surface area contributed by atoms with Gasteiger partial charge in [-0.2, -0.15) is 5.26 Å². The van der Waals surface area contributed by atoms with Crippen LogP contribution in [0.3, 0.4) is 0 Å². The van der Waals surface area contributed by atoms with Crippen LogP contribution in [0.4, 0.5) is 5.82 Å². The van der Waals surface area contributed by atoms with Gasteiger partial charge in [-0.3, -0.25) is 0 Å². The van der Waals surface area contributed by atoms with Gasteiger partial charge in [-0.15, -0.1) is 0 Å². The number of nitriles is 1. The van der Waals surface area contributed by atoms with E-state index in [1.165, 1.54) is 12.6 Å². The molecule has 1 aliphatic carbocycles. The molecular weight excluding hydrogens is 254 g/mol. The topological polar surface area (TPSA) is 77.2 Å². The number of aromatic nitrogens is 1. The van der Waals surface area contributed by atoms with E-state index in [1.807, 2.05) is 11.0 Å². The summed E-state index contributed by atoms with van der Waals surface area (Å²) in [5, 5.41) is 18.3. The zero-order valence-electron chi connectivity index (χ0n) is 11.2. The van der Waals surface area contributed by atoms with Crippen LogP contribution < -0.4 is 4.90 Å². The number of carbonyl (C=O) groups is 1. The molecule has 1 N–H and O–H groups in total. The third-order valence-electron chi connectivity index (χ3n) is 4.51. The highest BCUT2D eigenvalue weighted by Gasteiger charge is 2.45. The van der Waals surface area contributed by atoms with E-state index in [9.17, 15) is 9.90 Å². The summed E-state index contributed by atoms with van der Waals surface area (Å²) in [7, 11) is 0. The molecule has 2 heterocycles. The Bertz CT molecular complexity index is 549. The van der Waals surface area contributed by atoms with Crippen molar-refractivity contribution in [3.8, 4) is 6.07 Å². The lowest BCUT2D eigenvalue weighted by molar-refractivity contribution is -0.138. The van der Waals surface area contributed by atoms with E-state index in [4.69, 9.17) is 5.26 Å². The molecule has 1 saturated heterocycles. The van der Waals surface area contributed by atoms with Crippen LogP contribution >= 0.6 is 0 Å². The second-order valence-corrected chi connectivity index (χ2v) is 5.63. The summed E-state index contributed by atoms with van der Waals surface area (Å²) in [6.07, 6.45) is 6.73. The minimum Gasteiger partial charge on any atom is -0.480 e. The Balaban J connectivity index is 1.94. The van der Waals surface area contributed by atoms with Gasteiger partial charge in [0.25, 0.3) is 0 Å². The lowest BCUT2D eigenvalue weighted by atomic mass is 9.85. The molecule has 1 aromatic rings. The van der Waals surface area contributed by atoms with Gasteiger partial charge in [-0.25, -0.2) is 9.78 Å². The number of hydrogen-bond donors (Lipinski definition) is 1. The molecule has 2 aliphatic rings. The van der Waals surface area contributed by atoms with Gasteiger partial charge in [0.15, 0.2) is 0 Å². The van der Waals surface area contributed by atoms with Crippen molar-refractivity contribution < 1.29 is 9.90 Å². The predicted octanol–water partition coefficient (Wildman–Crippen LogP) is 2.18. The lowest BCUT2D eigenvalue weighted by Crippen LogP contribution is -2.42. The molecule has 0 amide bonds. The summed E-state index contributed by atoms with van der Waals surface area (Å²) in [6.45, 7) is 0. The molecule has 5 nitrogen and oxygen atoms in total. The first kappa shape index (κ1) is 12.9. The Kier molecular flexibility index (Phi) is 3.31. The number of carboxylic acid groups (broad SMARTS) is 1. The molecule has 1 aliphatic heterocycles. The predicted molar refractivity (Wildman–Crippen MR) is 73.2 cm³/mol. The molecule has 0 radical (unpaired) electrons. The van der Waals surface area contributed by atoms with E-state index in [-0.39, 0.29) is 6.04 Å². The van der Waals surface area contributed by atoms with Gasteiger partial charge in [-0.05, 0) is 37.3 Å². The van der Waals surface area contributed by atoms with Gasteiger partial charge in [0.1, 0.15) is 17.9 Å². The van der Waals surface area contributed by atoms with Crippen molar-refractivity contribution in [3.63, 3.8) is 0 Å². The lowest BCUT2D eigenvalue weighted by Gasteiger charge is -2.33. The van der Waals surface area contributed by atoms with Gasteiger partial charge in [-0.1, -0.05) is 12.8 Å². The zero-order valence-corrected chi connectivity index (χ0v) is 11.2. The van der Waals surface area contributed by atoms with Crippen molar-refractivity contribution in [2.24, 2.45) is 5.92 Å². The van der Waals surface area contributed by atoms with Crippen LogP contribution in [0.25, 0.3) is 0 Å². The highest BCUT2D eigenvalue weighted by molar-refractivity contribution is 5.79. The second kappa shape index (κ2) is 5.12. The molecular formula is C15H17N3O2. The van der Waals surface area contributed by atoms with Crippen LogP contribution in [0, 0.1) is 17.2 Å². The Morgan fingerprint density at radius 3 is 2.85 bits per heavy atom. The number of fused-ring (bicyclic) bond motifs is 1. The van der Waals surface area contributed by atoms with E-state index < -0.39 is 12.0 Å². The minimum atomic E-state index is -0.773. The average Bonchev–Trinajstić information content (AvgIpc) is 2.87. The molecule has 2 fully saturated rings. The summed E-state index contributed by atoms with van der Waals surface area (Å²) in [5.41, 5.74) is 0.500. The third-order valence-corrected chi connectivity index (χ3v) is 4.51. The summed E-state index contributed by atoms with van der Waals surface area (Å²) in [6, 6.07) is 5.31. The van der Waals surface area contributed by atoms with Gasteiger partial charge in [0, 0.05) is 12.2 Å². The minimum absolute atomic E-state index is 0.283. The van der Waals surface area contributed by atoms with Crippen molar-refractivity contribution >= 4 is 11.8 Å². The Labute approximate surface area is 117 Å². The maximum absolute atomic E-state index is 11.5. The highest BCUT2D eigenvalue weighted by Crippen LogP contribution is 2.41. The van der Waals surface area contributed by atoms with Gasteiger partial charge < -0.3 is 10.0 Å². The number of aliphatic carboxylic acids is 1. The van der Waals surface area contributed by atoms with Crippen molar-refractivity contribution in [1.82, 2.24) is 4.98 Å². The monoisotopic (exact) mass is 271 g/mol. The molecule has 20 heavy (non-hydrogen) atoms. The highest BCUT2D eigenvalue weighted by atomic mass is 16.4. The maximum Gasteiger partial charge on any atom is 0.326 e. The second-order valence-electron chi connectivity index (χ2n) is 5.63. The van der Waals surface area contributed by atoms with Crippen LogP contribution in [-0.2, 0) is 4.79 Å². The fourth-order valence-electron chi connectivity index (χ4n) is 3.61. The van der Waals surface area contributed by atoms with Gasteiger partial charge in [0.05, 0.1) is 5.56 Å². The Morgan fingerprint density at radius 2 is 2.20 bits per heavy atom.